The minimum atomic E-state index is -0.458. The summed E-state index contributed by atoms with van der Waals surface area (Å²) in [5.74, 6) is 0.547. The molecule has 8 nitrogen and oxygen atoms in total. The van der Waals surface area contributed by atoms with E-state index < -0.39 is 5.97 Å². The molecular weight excluding hydrogens is 514 g/mol. The van der Waals surface area contributed by atoms with Crippen LogP contribution in [0.3, 0.4) is 0 Å². The van der Waals surface area contributed by atoms with Crippen LogP contribution < -0.4 is 19.6 Å². The highest BCUT2D eigenvalue weighted by Gasteiger charge is 2.13. The fourth-order valence-corrected chi connectivity index (χ4v) is 4.33. The minimum Gasteiger partial charge on any atom is -0.493 e. The molecule has 1 N–H and O–H groups in total. The van der Waals surface area contributed by atoms with Gasteiger partial charge in [0, 0.05) is 17.1 Å². The number of nitrogens with zero attached hydrogens (tertiary/aromatic N) is 2. The van der Waals surface area contributed by atoms with Crippen LogP contribution in [0.25, 0.3) is 10.9 Å². The average Bonchev–Trinajstić information content (AvgIpc) is 3.52. The number of nitrogens with one attached hydrogen (secondary N) is 1. The van der Waals surface area contributed by atoms with E-state index >= 15 is 0 Å². The van der Waals surface area contributed by atoms with E-state index in [0.717, 1.165) is 16.5 Å². The largest absolute Gasteiger partial charge is 0.493 e. The Morgan fingerprint density at radius 3 is 2.59 bits per heavy atom. The van der Waals surface area contributed by atoms with E-state index in [4.69, 9.17) is 14.2 Å². The Morgan fingerprint density at radius 1 is 0.949 bits per heavy atom. The highest BCUT2D eigenvalue weighted by molar-refractivity contribution is 7.12. The molecule has 0 bridgehead atoms. The molecule has 0 atom stereocenters. The average molecular weight is 538 g/mol. The molecule has 9 heteroatoms. The van der Waals surface area contributed by atoms with E-state index in [1.54, 1.807) is 54.0 Å². The summed E-state index contributed by atoms with van der Waals surface area (Å²) >= 11 is 1.30. The maximum Gasteiger partial charge on any atom is 0.353 e. The lowest BCUT2D eigenvalue weighted by Gasteiger charge is -2.09. The van der Waals surface area contributed by atoms with Crippen LogP contribution in [-0.4, -0.2) is 30.2 Å². The van der Waals surface area contributed by atoms with Crippen molar-refractivity contribution in [3.8, 4) is 17.2 Å². The summed E-state index contributed by atoms with van der Waals surface area (Å²) in [6.45, 7) is 0.343. The Balaban J connectivity index is 1.16. The third kappa shape index (κ3) is 6.28. The molecule has 0 fully saturated rings. The number of fused-ring (bicyclic) bond motifs is 1. The first-order valence-electron chi connectivity index (χ1n) is 11.9. The van der Waals surface area contributed by atoms with Crippen molar-refractivity contribution in [1.82, 2.24) is 10.4 Å². The van der Waals surface area contributed by atoms with Gasteiger partial charge in [0.15, 0.2) is 11.5 Å². The van der Waals surface area contributed by atoms with Gasteiger partial charge in [0.25, 0.3) is 5.91 Å². The third-order valence-corrected chi connectivity index (χ3v) is 6.55. The molecule has 2 aromatic heterocycles. The zero-order valence-corrected chi connectivity index (χ0v) is 21.7. The first-order chi connectivity index (χ1) is 19.1. The van der Waals surface area contributed by atoms with Gasteiger partial charge in [0.05, 0.1) is 13.3 Å². The lowest BCUT2D eigenvalue weighted by molar-refractivity contribution is 0.0734. The van der Waals surface area contributed by atoms with Gasteiger partial charge in [-0.25, -0.2) is 10.2 Å². The van der Waals surface area contributed by atoms with Gasteiger partial charge in [0.2, 0.25) is 0 Å². The number of ether oxygens (including phenoxy) is 3. The predicted molar refractivity (Wildman–Crippen MR) is 150 cm³/mol. The predicted octanol–water partition coefficient (Wildman–Crippen LogP) is 5.87. The zero-order valence-electron chi connectivity index (χ0n) is 20.9. The molecule has 2 heterocycles. The van der Waals surface area contributed by atoms with Crippen molar-refractivity contribution in [3.05, 3.63) is 118 Å². The van der Waals surface area contributed by atoms with E-state index in [9.17, 15) is 9.59 Å². The fraction of sp³-hybridized carbons (Fsp3) is 0.0667. The summed E-state index contributed by atoms with van der Waals surface area (Å²) in [5, 5.41) is 6.84. The number of aromatic nitrogens is 1. The Hall–Kier alpha value is -5.02. The van der Waals surface area contributed by atoms with Crippen molar-refractivity contribution in [1.29, 1.82) is 0 Å². The molecule has 0 radical (unpaired) electrons. The minimum absolute atomic E-state index is 0.290. The van der Waals surface area contributed by atoms with Crippen LogP contribution in [0.2, 0.25) is 0 Å². The smallest absolute Gasteiger partial charge is 0.353 e. The first-order valence-corrected chi connectivity index (χ1v) is 12.8. The van der Waals surface area contributed by atoms with E-state index in [0.29, 0.717) is 34.1 Å². The van der Waals surface area contributed by atoms with E-state index in [1.165, 1.54) is 24.7 Å². The second-order valence-corrected chi connectivity index (χ2v) is 9.24. The van der Waals surface area contributed by atoms with Gasteiger partial charge in [0.1, 0.15) is 22.8 Å². The number of carbonyl (C=O) groups excluding carboxylic acids is 2. The number of para-hydroxylation sites is 1. The summed E-state index contributed by atoms with van der Waals surface area (Å²) in [4.78, 5) is 29.7. The van der Waals surface area contributed by atoms with E-state index in [1.807, 2.05) is 42.5 Å². The quantitative estimate of drug-likeness (QED) is 0.109. The topological polar surface area (TPSA) is 99.1 Å². The summed E-state index contributed by atoms with van der Waals surface area (Å²) in [6.07, 6.45) is 3.21. The van der Waals surface area contributed by atoms with E-state index in [2.05, 4.69) is 15.5 Å². The van der Waals surface area contributed by atoms with Crippen molar-refractivity contribution < 1.29 is 23.8 Å². The summed E-state index contributed by atoms with van der Waals surface area (Å²) in [5.41, 5.74) is 5.34. The molecule has 194 valence electrons. The monoisotopic (exact) mass is 537 g/mol. The number of hydrogen-bond donors (Lipinski definition) is 1. The lowest BCUT2D eigenvalue weighted by Crippen LogP contribution is -2.17. The van der Waals surface area contributed by atoms with Crippen LogP contribution in [0.1, 0.15) is 31.2 Å². The fourth-order valence-electron chi connectivity index (χ4n) is 3.73. The molecule has 0 unspecified atom stereocenters. The van der Waals surface area contributed by atoms with Gasteiger partial charge in [-0.2, -0.15) is 5.10 Å². The van der Waals surface area contributed by atoms with Crippen LogP contribution in [0.5, 0.6) is 17.2 Å². The highest BCUT2D eigenvalue weighted by Crippen LogP contribution is 2.29. The Labute approximate surface area is 228 Å². The van der Waals surface area contributed by atoms with Gasteiger partial charge in [-0.15, -0.1) is 11.3 Å². The number of hydrogen-bond acceptors (Lipinski definition) is 8. The number of carbonyl (C=O) groups is 2. The van der Waals surface area contributed by atoms with Gasteiger partial charge in [-0.3, -0.25) is 9.78 Å². The molecule has 0 aliphatic heterocycles. The molecule has 0 spiro atoms. The number of benzene rings is 3. The number of pyridine rings is 1. The van der Waals surface area contributed by atoms with Crippen LogP contribution in [0.4, 0.5) is 0 Å². The second-order valence-electron chi connectivity index (χ2n) is 8.29. The maximum absolute atomic E-state index is 12.5. The molecule has 0 aliphatic rings. The number of hydrazone groups is 1. The molecule has 5 rings (SSSR count). The number of amides is 1. The van der Waals surface area contributed by atoms with Crippen LogP contribution in [0.15, 0.2) is 102 Å². The molecule has 39 heavy (non-hydrogen) atoms. The van der Waals surface area contributed by atoms with Crippen molar-refractivity contribution in [3.63, 3.8) is 0 Å². The molecule has 0 saturated heterocycles. The summed E-state index contributed by atoms with van der Waals surface area (Å²) in [7, 11) is 1.48. The summed E-state index contributed by atoms with van der Waals surface area (Å²) < 4.78 is 16.7. The Bertz CT molecular complexity index is 1630. The van der Waals surface area contributed by atoms with Gasteiger partial charge in [-0.05, 0) is 65.0 Å². The van der Waals surface area contributed by atoms with E-state index in [-0.39, 0.29) is 11.7 Å². The zero-order chi connectivity index (χ0) is 27.0. The molecule has 1 amide bonds. The van der Waals surface area contributed by atoms with Crippen molar-refractivity contribution in [2.75, 3.05) is 7.11 Å². The van der Waals surface area contributed by atoms with Crippen molar-refractivity contribution >= 4 is 40.3 Å². The molecular formula is C30H23N3O5S. The number of esters is 1. The van der Waals surface area contributed by atoms with Gasteiger partial charge >= 0.3 is 5.97 Å². The maximum atomic E-state index is 12.5. The van der Waals surface area contributed by atoms with Crippen molar-refractivity contribution in [2.45, 2.75) is 6.61 Å². The first kappa shape index (κ1) is 25.6. The molecule has 0 aliphatic carbocycles. The number of thiophene rings is 1. The second kappa shape index (κ2) is 12.0. The standard InChI is InChI=1S/C30H23N3O5S/c1-36-26-17-21(11-14-24(26)38-30(35)27-8-4-16-39-27)18-32-33-29(34)23-12-9-20(10-13-23)19-37-25-7-2-5-22-6-3-15-31-28(22)25/h2-18H,19H2,1H3,(H,33,34). The molecule has 5 aromatic rings. The number of rotatable bonds is 9. The normalized spacial score (nSPS) is 10.9. The SMILES string of the molecule is COc1cc(C=NNC(=O)c2ccc(COc3cccc4cccnc34)cc2)ccc1OC(=O)c1cccs1. The molecule has 3 aromatic carbocycles. The number of methoxy groups -OCH3 is 1. The Kier molecular flexibility index (Phi) is 7.89. The van der Waals surface area contributed by atoms with Crippen LogP contribution in [0, 0.1) is 0 Å². The van der Waals surface area contributed by atoms with Gasteiger partial charge < -0.3 is 14.2 Å². The lowest BCUT2D eigenvalue weighted by atomic mass is 10.1. The summed E-state index contributed by atoms with van der Waals surface area (Å²) in [6, 6.07) is 25.2. The Morgan fingerprint density at radius 2 is 1.79 bits per heavy atom. The van der Waals surface area contributed by atoms with Crippen molar-refractivity contribution in [2.24, 2.45) is 5.10 Å². The van der Waals surface area contributed by atoms with Gasteiger partial charge in [-0.1, -0.05) is 36.4 Å². The van der Waals surface area contributed by atoms with Crippen LogP contribution >= 0.6 is 11.3 Å². The third-order valence-electron chi connectivity index (χ3n) is 5.70. The molecule has 0 saturated carbocycles. The highest BCUT2D eigenvalue weighted by atomic mass is 32.1. The van der Waals surface area contributed by atoms with Crippen LogP contribution in [-0.2, 0) is 6.61 Å².